The average molecular weight is 830 g/mol. The van der Waals surface area contributed by atoms with E-state index in [4.69, 9.17) is 19.4 Å². The molecule has 0 bridgehead atoms. The first-order valence-electron chi connectivity index (χ1n) is 21.9. The van der Waals surface area contributed by atoms with Crippen molar-refractivity contribution in [2.75, 3.05) is 0 Å². The Morgan fingerprint density at radius 3 is 1.37 bits per heavy atom. The number of hydrogen-bond donors (Lipinski definition) is 0. The minimum atomic E-state index is 0.577. The van der Waals surface area contributed by atoms with Crippen LogP contribution in [0.5, 0.6) is 0 Å². The Morgan fingerprint density at radius 2 is 0.708 bits per heavy atom. The lowest BCUT2D eigenvalue weighted by molar-refractivity contribution is 0.670. The van der Waals surface area contributed by atoms with E-state index >= 15 is 0 Å². The second kappa shape index (κ2) is 16.2. The second-order valence-electron chi connectivity index (χ2n) is 16.3. The smallest absolute Gasteiger partial charge is 0.164 e. The first-order chi connectivity index (χ1) is 32.2. The maximum absolute atomic E-state index is 6.80. The molecule has 0 aliphatic carbocycles. The van der Waals surface area contributed by atoms with Gasteiger partial charge in [-0.2, -0.15) is 0 Å². The summed E-state index contributed by atoms with van der Waals surface area (Å²) >= 11 is 0. The van der Waals surface area contributed by atoms with E-state index in [0.29, 0.717) is 17.5 Å². The molecule has 0 unspecified atom stereocenters. The molecule has 0 N–H and O–H groups in total. The fourth-order valence-corrected chi connectivity index (χ4v) is 9.09. The predicted molar refractivity (Wildman–Crippen MR) is 268 cm³/mol. The highest BCUT2D eigenvalue weighted by molar-refractivity contribution is 6.15. The normalized spacial score (nSPS) is 11.4. The van der Waals surface area contributed by atoms with Crippen LogP contribution in [0.3, 0.4) is 0 Å². The molecule has 4 heteroatoms. The van der Waals surface area contributed by atoms with Crippen molar-refractivity contribution in [2.45, 2.75) is 0 Å². The van der Waals surface area contributed by atoms with Crippen molar-refractivity contribution in [3.05, 3.63) is 237 Å². The lowest BCUT2D eigenvalue weighted by Crippen LogP contribution is -2.01. The molecule has 0 saturated heterocycles. The third kappa shape index (κ3) is 7.13. The van der Waals surface area contributed by atoms with Gasteiger partial charge < -0.3 is 4.42 Å². The zero-order valence-electron chi connectivity index (χ0n) is 35.3. The fraction of sp³-hybridized carbons (Fsp3) is 0. The van der Waals surface area contributed by atoms with Gasteiger partial charge in [-0.3, -0.25) is 0 Å². The van der Waals surface area contributed by atoms with E-state index < -0.39 is 0 Å². The van der Waals surface area contributed by atoms with Gasteiger partial charge in [0.1, 0.15) is 11.2 Å². The van der Waals surface area contributed by atoms with E-state index in [0.717, 1.165) is 82.8 Å². The van der Waals surface area contributed by atoms with Gasteiger partial charge in [-0.15, -0.1) is 0 Å². The largest absolute Gasteiger partial charge is 0.455 e. The fourth-order valence-electron chi connectivity index (χ4n) is 9.09. The summed E-state index contributed by atoms with van der Waals surface area (Å²) in [5.74, 6) is 1.78. The van der Waals surface area contributed by atoms with Gasteiger partial charge in [-0.25, -0.2) is 15.0 Å². The molecule has 12 aromatic rings. The Bertz CT molecular complexity index is 3670. The Labute approximate surface area is 376 Å². The van der Waals surface area contributed by atoms with Crippen LogP contribution in [0.2, 0.25) is 0 Å². The molecule has 0 aliphatic heterocycles. The lowest BCUT2D eigenvalue weighted by atomic mass is 9.97. The molecule has 0 fully saturated rings. The summed E-state index contributed by atoms with van der Waals surface area (Å²) in [4.78, 5) is 15.9. The molecule has 4 nitrogen and oxygen atoms in total. The van der Waals surface area contributed by atoms with Gasteiger partial charge in [0.25, 0.3) is 0 Å². The molecule has 10 aromatic carbocycles. The molecule has 0 spiro atoms. The first kappa shape index (κ1) is 38.0. The standard InChI is InChI=1S/C61H39N3O/c1-4-14-40(15-5-1)43-28-30-44(31-29-43)45-32-34-46(35-33-45)59-62-60(53-24-11-22-49-39-48(36-37-51(49)53)42-18-8-3-9-19-42)64-61(63-59)55-26-13-27-56-57(55)54-25-12-23-52(58(54)65-56)50-21-10-20-47(38-50)41-16-6-2-7-17-41/h1-39H. The highest BCUT2D eigenvalue weighted by atomic mass is 16.3. The highest BCUT2D eigenvalue weighted by Crippen LogP contribution is 2.42. The van der Waals surface area contributed by atoms with Crippen LogP contribution in [0.4, 0.5) is 0 Å². The Balaban J connectivity index is 0.997. The van der Waals surface area contributed by atoms with Crippen LogP contribution < -0.4 is 0 Å². The molecule has 2 aromatic heterocycles. The van der Waals surface area contributed by atoms with E-state index in [1.807, 2.05) is 30.3 Å². The summed E-state index contributed by atoms with van der Waals surface area (Å²) in [7, 11) is 0. The van der Waals surface area contributed by atoms with Crippen LogP contribution in [0.25, 0.3) is 123 Å². The third-order valence-electron chi connectivity index (χ3n) is 12.4. The SMILES string of the molecule is c1ccc(-c2ccc(-c3ccc(-c4nc(-c5cccc6cc(-c7ccccc7)ccc56)nc(-c5cccc6oc7c(-c8cccc(-c9ccccc9)c8)cccc7c56)n4)cc3)cc2)cc1. The van der Waals surface area contributed by atoms with Crippen LogP contribution in [0.1, 0.15) is 0 Å². The van der Waals surface area contributed by atoms with Gasteiger partial charge in [0, 0.05) is 33.0 Å². The van der Waals surface area contributed by atoms with Crippen molar-refractivity contribution >= 4 is 32.7 Å². The maximum Gasteiger partial charge on any atom is 0.164 e. The summed E-state index contributed by atoms with van der Waals surface area (Å²) < 4.78 is 6.80. The van der Waals surface area contributed by atoms with Gasteiger partial charge in [0.15, 0.2) is 17.5 Å². The monoisotopic (exact) mass is 829 g/mol. The number of fused-ring (bicyclic) bond motifs is 4. The van der Waals surface area contributed by atoms with Crippen molar-refractivity contribution in [3.8, 4) is 89.8 Å². The van der Waals surface area contributed by atoms with Crippen molar-refractivity contribution in [3.63, 3.8) is 0 Å². The zero-order chi connectivity index (χ0) is 43.1. The minimum Gasteiger partial charge on any atom is -0.455 e. The summed E-state index contributed by atoms with van der Waals surface area (Å²) in [6, 6.07) is 82.9. The average Bonchev–Trinajstić information content (AvgIpc) is 3.78. The molecule has 0 aliphatic rings. The molecule has 65 heavy (non-hydrogen) atoms. The molecule has 0 amide bonds. The van der Waals surface area contributed by atoms with Gasteiger partial charge in [-0.1, -0.05) is 218 Å². The van der Waals surface area contributed by atoms with Gasteiger partial charge in [-0.05, 0) is 79.0 Å². The molecule has 12 rings (SSSR count). The van der Waals surface area contributed by atoms with Crippen molar-refractivity contribution < 1.29 is 4.42 Å². The molecule has 0 saturated carbocycles. The van der Waals surface area contributed by atoms with Crippen LogP contribution in [0.15, 0.2) is 241 Å². The van der Waals surface area contributed by atoms with Gasteiger partial charge in [0.05, 0.1) is 0 Å². The van der Waals surface area contributed by atoms with Crippen molar-refractivity contribution in [1.82, 2.24) is 15.0 Å². The van der Waals surface area contributed by atoms with Crippen LogP contribution >= 0.6 is 0 Å². The summed E-state index contributed by atoms with van der Waals surface area (Å²) in [6.07, 6.45) is 0. The number of benzene rings is 10. The quantitative estimate of drug-likeness (QED) is 0.153. The minimum absolute atomic E-state index is 0.577. The third-order valence-corrected chi connectivity index (χ3v) is 12.4. The lowest BCUT2D eigenvalue weighted by Gasteiger charge is -2.12. The van der Waals surface area contributed by atoms with E-state index in [1.54, 1.807) is 0 Å². The van der Waals surface area contributed by atoms with E-state index in [9.17, 15) is 0 Å². The number of nitrogens with zero attached hydrogens (tertiary/aromatic N) is 3. The Hall–Kier alpha value is -8.73. The maximum atomic E-state index is 6.80. The van der Waals surface area contributed by atoms with Crippen LogP contribution in [0, 0.1) is 0 Å². The molecular formula is C61H39N3O. The molecule has 2 heterocycles. The van der Waals surface area contributed by atoms with Crippen LogP contribution in [-0.4, -0.2) is 15.0 Å². The Kier molecular flexibility index (Phi) is 9.46. The van der Waals surface area contributed by atoms with E-state index in [-0.39, 0.29) is 0 Å². The molecular weight excluding hydrogens is 791 g/mol. The zero-order valence-corrected chi connectivity index (χ0v) is 35.3. The predicted octanol–water partition coefficient (Wildman–Crippen LogP) is 16.3. The molecule has 304 valence electrons. The molecule has 0 radical (unpaired) electrons. The summed E-state index contributed by atoms with van der Waals surface area (Å²) in [6.45, 7) is 0. The van der Waals surface area contributed by atoms with E-state index in [1.165, 1.54) is 22.3 Å². The summed E-state index contributed by atoms with van der Waals surface area (Å²) in [5, 5.41) is 4.15. The Morgan fingerprint density at radius 1 is 0.262 bits per heavy atom. The van der Waals surface area contributed by atoms with Crippen molar-refractivity contribution in [1.29, 1.82) is 0 Å². The number of furan rings is 1. The van der Waals surface area contributed by atoms with Gasteiger partial charge in [0.2, 0.25) is 0 Å². The van der Waals surface area contributed by atoms with Crippen molar-refractivity contribution in [2.24, 2.45) is 0 Å². The van der Waals surface area contributed by atoms with Gasteiger partial charge >= 0.3 is 0 Å². The van der Waals surface area contributed by atoms with Crippen LogP contribution in [-0.2, 0) is 0 Å². The number of para-hydroxylation sites is 1. The number of hydrogen-bond acceptors (Lipinski definition) is 4. The second-order valence-corrected chi connectivity index (χ2v) is 16.3. The van der Waals surface area contributed by atoms with E-state index in [2.05, 4.69) is 206 Å². The summed E-state index contributed by atoms with van der Waals surface area (Å²) in [5.41, 5.74) is 15.7. The highest BCUT2D eigenvalue weighted by Gasteiger charge is 2.21. The topological polar surface area (TPSA) is 51.8 Å². The number of aromatic nitrogens is 3. The first-order valence-corrected chi connectivity index (χ1v) is 21.9. The number of rotatable bonds is 8. The molecule has 0 atom stereocenters.